The van der Waals surface area contributed by atoms with Gasteiger partial charge in [-0.05, 0) is 48.9 Å². The minimum absolute atomic E-state index is 0.663. The summed E-state index contributed by atoms with van der Waals surface area (Å²) in [6, 6.07) is 13.9. The summed E-state index contributed by atoms with van der Waals surface area (Å²) in [7, 11) is 3.27. The molecule has 0 amide bonds. The zero-order valence-corrected chi connectivity index (χ0v) is 15.9. The number of nitrogens with zero attached hydrogens (tertiary/aromatic N) is 1. The Balaban J connectivity index is 1.65. The lowest BCUT2D eigenvalue weighted by Crippen LogP contribution is -2.00. The van der Waals surface area contributed by atoms with Crippen LogP contribution in [0.3, 0.4) is 0 Å². The standard InChI is InChI=1S/C20H22N2O3S/c1-4-25-16-8-6-15(7-9-16)17-13-26-20(22-17)21-12-14-5-10-18(23-2)19(11-14)24-3/h5-11,13H,4,12H2,1-3H3,(H,21,22). The molecule has 3 rings (SSSR count). The third-order valence-corrected chi connectivity index (χ3v) is 4.66. The molecule has 3 aromatic rings. The summed E-state index contributed by atoms with van der Waals surface area (Å²) < 4.78 is 16.1. The minimum Gasteiger partial charge on any atom is -0.494 e. The monoisotopic (exact) mass is 370 g/mol. The lowest BCUT2D eigenvalue weighted by molar-refractivity contribution is 0.340. The summed E-state index contributed by atoms with van der Waals surface area (Å²) >= 11 is 1.59. The summed E-state index contributed by atoms with van der Waals surface area (Å²) in [5, 5.41) is 6.28. The molecule has 2 aromatic carbocycles. The van der Waals surface area contributed by atoms with Gasteiger partial charge in [-0.3, -0.25) is 0 Å². The van der Waals surface area contributed by atoms with Crippen LogP contribution < -0.4 is 19.5 Å². The topological polar surface area (TPSA) is 52.6 Å². The first-order valence-electron chi connectivity index (χ1n) is 8.37. The van der Waals surface area contributed by atoms with Gasteiger partial charge in [-0.15, -0.1) is 11.3 Å². The maximum Gasteiger partial charge on any atom is 0.183 e. The molecule has 1 aromatic heterocycles. The molecule has 1 heterocycles. The molecule has 5 nitrogen and oxygen atoms in total. The largest absolute Gasteiger partial charge is 0.494 e. The van der Waals surface area contributed by atoms with E-state index in [2.05, 4.69) is 10.3 Å². The lowest BCUT2D eigenvalue weighted by atomic mass is 10.2. The van der Waals surface area contributed by atoms with E-state index in [4.69, 9.17) is 14.2 Å². The quantitative estimate of drug-likeness (QED) is 0.615. The third-order valence-electron chi connectivity index (χ3n) is 3.86. The Hall–Kier alpha value is -2.73. The second-order valence-corrected chi connectivity index (χ2v) is 6.40. The van der Waals surface area contributed by atoms with Crippen molar-refractivity contribution < 1.29 is 14.2 Å². The first kappa shape index (κ1) is 18.1. The van der Waals surface area contributed by atoms with Gasteiger partial charge in [-0.25, -0.2) is 4.98 Å². The molecule has 0 atom stereocenters. The number of methoxy groups -OCH3 is 2. The molecule has 0 bridgehead atoms. The SMILES string of the molecule is CCOc1ccc(-c2csc(NCc3ccc(OC)c(OC)c3)n2)cc1. The van der Waals surface area contributed by atoms with Gasteiger partial charge in [0.1, 0.15) is 5.75 Å². The Bertz CT molecular complexity index is 847. The van der Waals surface area contributed by atoms with Gasteiger partial charge in [0.15, 0.2) is 16.6 Å². The molecule has 0 radical (unpaired) electrons. The molecule has 0 unspecified atom stereocenters. The number of aromatic nitrogens is 1. The van der Waals surface area contributed by atoms with Crippen LogP contribution in [0.2, 0.25) is 0 Å². The predicted molar refractivity (Wildman–Crippen MR) is 106 cm³/mol. The molecule has 0 saturated carbocycles. The number of nitrogens with one attached hydrogen (secondary N) is 1. The van der Waals surface area contributed by atoms with Crippen molar-refractivity contribution in [2.75, 3.05) is 26.1 Å². The molecule has 0 saturated heterocycles. The molecule has 0 fully saturated rings. The first-order valence-corrected chi connectivity index (χ1v) is 9.25. The first-order chi connectivity index (χ1) is 12.7. The van der Waals surface area contributed by atoms with Crippen LogP contribution in [0.5, 0.6) is 17.2 Å². The Kier molecular flexibility index (Phi) is 5.96. The van der Waals surface area contributed by atoms with Gasteiger partial charge in [0.05, 0.1) is 26.5 Å². The average molecular weight is 370 g/mol. The summed E-state index contributed by atoms with van der Waals surface area (Å²) in [5.41, 5.74) is 3.12. The summed E-state index contributed by atoms with van der Waals surface area (Å²) in [6.07, 6.45) is 0. The average Bonchev–Trinajstić information content (AvgIpc) is 3.16. The van der Waals surface area contributed by atoms with Crippen LogP contribution in [-0.4, -0.2) is 25.8 Å². The second kappa shape index (κ2) is 8.58. The van der Waals surface area contributed by atoms with E-state index in [1.54, 1.807) is 25.6 Å². The smallest absolute Gasteiger partial charge is 0.183 e. The molecule has 1 N–H and O–H groups in total. The van der Waals surface area contributed by atoms with E-state index in [0.717, 1.165) is 39.2 Å². The van der Waals surface area contributed by atoms with Crippen LogP contribution in [0.1, 0.15) is 12.5 Å². The normalized spacial score (nSPS) is 10.4. The number of hydrogen-bond donors (Lipinski definition) is 1. The number of anilines is 1. The fraction of sp³-hybridized carbons (Fsp3) is 0.250. The van der Waals surface area contributed by atoms with Crippen molar-refractivity contribution >= 4 is 16.5 Å². The maximum atomic E-state index is 5.48. The fourth-order valence-electron chi connectivity index (χ4n) is 2.54. The van der Waals surface area contributed by atoms with Crippen LogP contribution >= 0.6 is 11.3 Å². The number of ether oxygens (including phenoxy) is 3. The molecule has 0 aliphatic rings. The van der Waals surface area contributed by atoms with Gasteiger partial charge in [-0.2, -0.15) is 0 Å². The number of thiazole rings is 1. The highest BCUT2D eigenvalue weighted by Gasteiger charge is 2.07. The number of hydrogen-bond acceptors (Lipinski definition) is 6. The Morgan fingerprint density at radius 2 is 1.77 bits per heavy atom. The minimum atomic E-state index is 0.663. The third kappa shape index (κ3) is 4.26. The highest BCUT2D eigenvalue weighted by atomic mass is 32.1. The Morgan fingerprint density at radius 3 is 2.46 bits per heavy atom. The molecule has 136 valence electrons. The molecule has 26 heavy (non-hydrogen) atoms. The van der Waals surface area contributed by atoms with Crippen LogP contribution in [-0.2, 0) is 6.54 Å². The van der Waals surface area contributed by atoms with Crippen molar-refractivity contribution in [2.24, 2.45) is 0 Å². The maximum absolute atomic E-state index is 5.48. The van der Waals surface area contributed by atoms with Gasteiger partial charge in [0.2, 0.25) is 0 Å². The van der Waals surface area contributed by atoms with Crippen LogP contribution in [0.15, 0.2) is 47.8 Å². The van der Waals surface area contributed by atoms with Gasteiger partial charge in [-0.1, -0.05) is 6.07 Å². The van der Waals surface area contributed by atoms with Gasteiger partial charge in [0, 0.05) is 17.5 Å². The molecular weight excluding hydrogens is 348 g/mol. The van der Waals surface area contributed by atoms with Crippen molar-refractivity contribution in [1.82, 2.24) is 4.98 Å². The van der Waals surface area contributed by atoms with Gasteiger partial charge >= 0.3 is 0 Å². The molecule has 0 aliphatic carbocycles. The molecule has 0 aliphatic heterocycles. The molecular formula is C20H22N2O3S. The summed E-state index contributed by atoms with van der Waals surface area (Å²) in [5.74, 6) is 2.32. The van der Waals surface area contributed by atoms with Crippen LogP contribution in [0.4, 0.5) is 5.13 Å². The Morgan fingerprint density at radius 1 is 1.00 bits per heavy atom. The van der Waals surface area contributed by atoms with Crippen molar-refractivity contribution in [1.29, 1.82) is 0 Å². The van der Waals surface area contributed by atoms with E-state index in [1.165, 1.54) is 0 Å². The zero-order valence-electron chi connectivity index (χ0n) is 15.1. The van der Waals surface area contributed by atoms with E-state index in [0.29, 0.717) is 13.2 Å². The number of benzene rings is 2. The van der Waals surface area contributed by atoms with Crippen molar-refractivity contribution in [3.8, 4) is 28.5 Å². The Labute approximate surface area is 157 Å². The van der Waals surface area contributed by atoms with Crippen molar-refractivity contribution in [2.45, 2.75) is 13.5 Å². The molecule has 0 spiro atoms. The van der Waals surface area contributed by atoms with Gasteiger partial charge in [0.25, 0.3) is 0 Å². The van der Waals surface area contributed by atoms with Gasteiger partial charge < -0.3 is 19.5 Å². The summed E-state index contributed by atoms with van der Waals surface area (Å²) in [6.45, 7) is 3.31. The molecule has 6 heteroatoms. The fourth-order valence-corrected chi connectivity index (χ4v) is 3.26. The van der Waals surface area contributed by atoms with Crippen LogP contribution in [0.25, 0.3) is 11.3 Å². The second-order valence-electron chi connectivity index (χ2n) is 5.54. The lowest BCUT2D eigenvalue weighted by Gasteiger charge is -2.09. The predicted octanol–water partition coefficient (Wildman–Crippen LogP) is 4.84. The van der Waals surface area contributed by atoms with Crippen LogP contribution in [0, 0.1) is 0 Å². The van der Waals surface area contributed by atoms with E-state index >= 15 is 0 Å². The summed E-state index contributed by atoms with van der Waals surface area (Å²) in [4.78, 5) is 4.66. The van der Waals surface area contributed by atoms with E-state index < -0.39 is 0 Å². The number of rotatable bonds is 8. The van der Waals surface area contributed by atoms with E-state index in [1.807, 2.05) is 54.8 Å². The highest BCUT2D eigenvalue weighted by molar-refractivity contribution is 7.14. The van der Waals surface area contributed by atoms with E-state index in [-0.39, 0.29) is 0 Å². The van der Waals surface area contributed by atoms with Crippen molar-refractivity contribution in [3.05, 3.63) is 53.4 Å². The zero-order chi connectivity index (χ0) is 18.4. The van der Waals surface area contributed by atoms with Crippen molar-refractivity contribution in [3.63, 3.8) is 0 Å². The van der Waals surface area contributed by atoms with E-state index in [9.17, 15) is 0 Å². The highest BCUT2D eigenvalue weighted by Crippen LogP contribution is 2.29.